The van der Waals surface area contributed by atoms with Gasteiger partial charge in [-0.25, -0.2) is 0 Å². The number of rotatable bonds is 1. The topological polar surface area (TPSA) is 26.3 Å². The lowest BCUT2D eigenvalue weighted by atomic mass is 10.2. The molecule has 0 aliphatic carbocycles. The van der Waals surface area contributed by atoms with Gasteiger partial charge in [-0.3, -0.25) is 4.79 Å². The SMILES string of the molecule is O=C1C[C@@H](CI)CO1. The molecule has 1 fully saturated rings. The molecule has 3 heteroatoms. The van der Waals surface area contributed by atoms with E-state index < -0.39 is 0 Å². The van der Waals surface area contributed by atoms with Gasteiger partial charge in [0.15, 0.2) is 0 Å². The van der Waals surface area contributed by atoms with Gasteiger partial charge >= 0.3 is 5.97 Å². The fourth-order valence-corrected chi connectivity index (χ4v) is 1.23. The molecule has 0 aromatic heterocycles. The Balaban J connectivity index is 2.32. The molecule has 1 aliphatic heterocycles. The van der Waals surface area contributed by atoms with E-state index in [2.05, 4.69) is 22.6 Å². The molecule has 0 spiro atoms. The molecule has 1 aliphatic rings. The lowest BCUT2D eigenvalue weighted by molar-refractivity contribution is -0.137. The molecule has 0 N–H and O–H groups in total. The van der Waals surface area contributed by atoms with Crippen LogP contribution in [0, 0.1) is 5.92 Å². The highest BCUT2D eigenvalue weighted by Crippen LogP contribution is 2.15. The van der Waals surface area contributed by atoms with Crippen LogP contribution in [-0.2, 0) is 9.53 Å². The predicted octanol–water partition coefficient (Wildman–Crippen LogP) is 0.985. The zero-order valence-electron chi connectivity index (χ0n) is 4.39. The largest absolute Gasteiger partial charge is 0.465 e. The molecule has 8 heavy (non-hydrogen) atoms. The van der Waals surface area contributed by atoms with Crippen molar-refractivity contribution < 1.29 is 9.53 Å². The smallest absolute Gasteiger partial charge is 0.306 e. The molecule has 1 rings (SSSR count). The van der Waals surface area contributed by atoms with Gasteiger partial charge in [0.1, 0.15) is 0 Å². The molecular formula is C5H7IO2. The van der Waals surface area contributed by atoms with Crippen LogP contribution < -0.4 is 0 Å². The van der Waals surface area contributed by atoms with Gasteiger partial charge in [-0.05, 0) is 0 Å². The zero-order chi connectivity index (χ0) is 5.98. The Hall–Kier alpha value is 0.200. The Morgan fingerprint density at radius 1 is 1.88 bits per heavy atom. The highest BCUT2D eigenvalue weighted by molar-refractivity contribution is 14.1. The summed E-state index contributed by atoms with van der Waals surface area (Å²) >= 11 is 2.27. The third-order valence-electron chi connectivity index (χ3n) is 1.15. The summed E-state index contributed by atoms with van der Waals surface area (Å²) in [6, 6.07) is 0. The summed E-state index contributed by atoms with van der Waals surface area (Å²) in [5.41, 5.74) is 0. The van der Waals surface area contributed by atoms with Crippen molar-refractivity contribution >= 4 is 28.6 Å². The molecule has 0 bridgehead atoms. The van der Waals surface area contributed by atoms with Crippen LogP contribution in [0.5, 0.6) is 0 Å². The molecule has 0 amide bonds. The summed E-state index contributed by atoms with van der Waals surface area (Å²) in [6.45, 7) is 0.641. The van der Waals surface area contributed by atoms with E-state index in [1.165, 1.54) is 0 Å². The van der Waals surface area contributed by atoms with Crippen LogP contribution in [0.2, 0.25) is 0 Å². The van der Waals surface area contributed by atoms with E-state index in [-0.39, 0.29) is 5.97 Å². The second-order valence-electron chi connectivity index (χ2n) is 1.91. The Labute approximate surface area is 61.7 Å². The van der Waals surface area contributed by atoms with Crippen LogP contribution >= 0.6 is 22.6 Å². The van der Waals surface area contributed by atoms with Gasteiger partial charge in [0.2, 0.25) is 0 Å². The van der Waals surface area contributed by atoms with Gasteiger partial charge in [-0.2, -0.15) is 0 Å². The predicted molar refractivity (Wildman–Crippen MR) is 38.0 cm³/mol. The van der Waals surface area contributed by atoms with Crippen LogP contribution in [0.3, 0.4) is 0 Å². The minimum absolute atomic E-state index is 0.0355. The monoisotopic (exact) mass is 226 g/mol. The van der Waals surface area contributed by atoms with Crippen LogP contribution in [0.4, 0.5) is 0 Å². The van der Waals surface area contributed by atoms with Crippen LogP contribution in [0.15, 0.2) is 0 Å². The maximum atomic E-state index is 10.4. The Kier molecular flexibility index (Phi) is 2.10. The van der Waals surface area contributed by atoms with E-state index in [4.69, 9.17) is 4.74 Å². The van der Waals surface area contributed by atoms with Gasteiger partial charge in [0, 0.05) is 10.3 Å². The fraction of sp³-hybridized carbons (Fsp3) is 0.800. The summed E-state index contributed by atoms with van der Waals surface area (Å²) in [4.78, 5) is 10.4. The average Bonchev–Trinajstić information content (AvgIpc) is 2.14. The van der Waals surface area contributed by atoms with Gasteiger partial charge < -0.3 is 4.74 Å². The van der Waals surface area contributed by atoms with E-state index in [1.807, 2.05) is 0 Å². The van der Waals surface area contributed by atoms with Crippen molar-refractivity contribution in [1.82, 2.24) is 0 Å². The van der Waals surface area contributed by atoms with E-state index in [9.17, 15) is 4.79 Å². The van der Waals surface area contributed by atoms with E-state index in [1.54, 1.807) is 0 Å². The number of hydrogen-bond acceptors (Lipinski definition) is 2. The Morgan fingerprint density at radius 2 is 2.62 bits per heavy atom. The maximum absolute atomic E-state index is 10.4. The number of esters is 1. The summed E-state index contributed by atoms with van der Waals surface area (Å²) in [6.07, 6.45) is 0.628. The van der Waals surface area contributed by atoms with Crippen molar-refractivity contribution in [2.45, 2.75) is 6.42 Å². The molecule has 1 heterocycles. The molecule has 0 radical (unpaired) electrons. The third-order valence-corrected chi connectivity index (χ3v) is 2.40. The fourth-order valence-electron chi connectivity index (χ4n) is 0.663. The zero-order valence-corrected chi connectivity index (χ0v) is 6.55. The molecule has 1 atom stereocenters. The summed E-state index contributed by atoms with van der Waals surface area (Å²) < 4.78 is 5.74. The molecule has 46 valence electrons. The van der Waals surface area contributed by atoms with Crippen molar-refractivity contribution in [1.29, 1.82) is 0 Å². The number of carbonyl (C=O) groups excluding carboxylic acids is 1. The first-order valence-electron chi connectivity index (χ1n) is 2.54. The number of halogens is 1. The van der Waals surface area contributed by atoms with Crippen LogP contribution in [0.25, 0.3) is 0 Å². The van der Waals surface area contributed by atoms with E-state index >= 15 is 0 Å². The number of hydrogen-bond donors (Lipinski definition) is 0. The summed E-state index contributed by atoms with van der Waals surface area (Å²) in [5, 5.41) is 0. The van der Waals surface area contributed by atoms with Crippen molar-refractivity contribution in [2.24, 2.45) is 5.92 Å². The van der Waals surface area contributed by atoms with Crippen molar-refractivity contribution in [2.75, 3.05) is 11.0 Å². The molecular weight excluding hydrogens is 219 g/mol. The number of alkyl halides is 1. The first-order chi connectivity index (χ1) is 3.83. The van der Waals surface area contributed by atoms with Crippen molar-refractivity contribution in [3.8, 4) is 0 Å². The Morgan fingerprint density at radius 3 is 2.88 bits per heavy atom. The van der Waals surface area contributed by atoms with Crippen molar-refractivity contribution in [3.05, 3.63) is 0 Å². The maximum Gasteiger partial charge on any atom is 0.306 e. The average molecular weight is 226 g/mol. The highest BCUT2D eigenvalue weighted by Gasteiger charge is 2.21. The molecule has 0 unspecified atom stereocenters. The Bertz CT molecular complexity index is 103. The molecule has 0 aromatic rings. The van der Waals surface area contributed by atoms with Crippen LogP contribution in [0.1, 0.15) is 6.42 Å². The number of carbonyl (C=O) groups is 1. The molecule has 2 nitrogen and oxygen atoms in total. The molecule has 1 saturated heterocycles. The summed E-state index contributed by atoms with van der Waals surface area (Å²) in [5.74, 6) is 0.453. The first-order valence-corrected chi connectivity index (χ1v) is 4.07. The number of cyclic esters (lactones) is 1. The van der Waals surface area contributed by atoms with Crippen LogP contribution in [-0.4, -0.2) is 17.0 Å². The van der Waals surface area contributed by atoms with E-state index in [0.717, 1.165) is 4.43 Å². The minimum atomic E-state index is -0.0355. The summed E-state index contributed by atoms with van der Waals surface area (Å²) in [7, 11) is 0. The van der Waals surface area contributed by atoms with Gasteiger partial charge in [-0.15, -0.1) is 0 Å². The molecule has 0 aromatic carbocycles. The standard InChI is InChI=1S/C5H7IO2/c6-2-4-1-5(7)8-3-4/h4H,1-3H2/t4-/m0/s1. The van der Waals surface area contributed by atoms with Crippen molar-refractivity contribution in [3.63, 3.8) is 0 Å². The number of ether oxygens (including phenoxy) is 1. The van der Waals surface area contributed by atoms with Gasteiger partial charge in [-0.1, -0.05) is 22.6 Å². The van der Waals surface area contributed by atoms with Gasteiger partial charge in [0.05, 0.1) is 13.0 Å². The second-order valence-corrected chi connectivity index (χ2v) is 2.79. The third kappa shape index (κ3) is 1.34. The quantitative estimate of drug-likeness (QED) is 0.378. The minimum Gasteiger partial charge on any atom is -0.465 e. The highest BCUT2D eigenvalue weighted by atomic mass is 127. The lowest BCUT2D eigenvalue weighted by Gasteiger charge is -1.94. The lowest BCUT2D eigenvalue weighted by Crippen LogP contribution is -1.98. The first kappa shape index (κ1) is 6.32. The molecule has 0 saturated carbocycles. The normalized spacial score (nSPS) is 28.1. The second kappa shape index (κ2) is 2.66. The van der Waals surface area contributed by atoms with Gasteiger partial charge in [0.25, 0.3) is 0 Å². The van der Waals surface area contributed by atoms with E-state index in [0.29, 0.717) is 18.9 Å².